The summed E-state index contributed by atoms with van der Waals surface area (Å²) >= 11 is 0. The molecular weight excluding hydrogens is 202 g/mol. The van der Waals surface area contributed by atoms with Crippen LogP contribution in [0.1, 0.15) is 26.3 Å². The number of aliphatic hydroxyl groups is 1. The van der Waals surface area contributed by atoms with Gasteiger partial charge in [0.25, 0.3) is 0 Å². The summed E-state index contributed by atoms with van der Waals surface area (Å²) in [6, 6.07) is 7.92. The van der Waals surface area contributed by atoms with Gasteiger partial charge in [-0.15, -0.1) is 0 Å². The highest BCUT2D eigenvalue weighted by molar-refractivity contribution is 5.28. The highest BCUT2D eigenvalue weighted by atomic mass is 16.5. The summed E-state index contributed by atoms with van der Waals surface area (Å²) < 4.78 is 5.51. The van der Waals surface area contributed by atoms with Crippen molar-refractivity contribution in [3.8, 4) is 5.75 Å². The Hall–Kier alpha value is -1.06. The van der Waals surface area contributed by atoms with E-state index < -0.39 is 5.60 Å². The summed E-state index contributed by atoms with van der Waals surface area (Å²) in [5, 5.41) is 12.8. The van der Waals surface area contributed by atoms with Crippen molar-refractivity contribution in [2.45, 2.75) is 32.9 Å². The number of hydrogen-bond donors (Lipinski definition) is 2. The molecule has 0 bridgehead atoms. The maximum absolute atomic E-state index is 9.55. The van der Waals surface area contributed by atoms with Crippen LogP contribution in [-0.2, 0) is 6.54 Å². The smallest absolute Gasteiger partial charge is 0.119 e. The molecule has 0 atom stereocenters. The van der Waals surface area contributed by atoms with Gasteiger partial charge in [-0.1, -0.05) is 19.1 Å². The van der Waals surface area contributed by atoms with E-state index in [0.717, 1.165) is 18.8 Å². The zero-order chi connectivity index (χ0) is 12.0. The first-order valence-electron chi connectivity index (χ1n) is 5.66. The lowest BCUT2D eigenvalue weighted by atomic mass is 10.1. The summed E-state index contributed by atoms with van der Waals surface area (Å²) in [5.41, 5.74) is 0.396. The minimum Gasteiger partial charge on any atom is -0.491 e. The number of ether oxygens (including phenoxy) is 1. The van der Waals surface area contributed by atoms with Gasteiger partial charge in [0.1, 0.15) is 12.4 Å². The Morgan fingerprint density at radius 3 is 2.75 bits per heavy atom. The second-order valence-corrected chi connectivity index (χ2v) is 4.53. The molecule has 1 rings (SSSR count). The minimum absolute atomic E-state index is 0.303. The molecule has 3 nitrogen and oxygen atoms in total. The normalized spacial score (nSPS) is 11.5. The predicted octanol–water partition coefficient (Wildman–Crippen LogP) is 1.95. The van der Waals surface area contributed by atoms with E-state index in [4.69, 9.17) is 4.74 Å². The minimum atomic E-state index is -0.794. The van der Waals surface area contributed by atoms with E-state index in [0.29, 0.717) is 6.61 Å². The lowest BCUT2D eigenvalue weighted by molar-refractivity contribution is 0.0284. The molecular formula is C13H21NO2. The third-order valence-electron chi connectivity index (χ3n) is 2.07. The molecule has 0 heterocycles. The number of rotatable bonds is 6. The Labute approximate surface area is 97.4 Å². The lowest BCUT2D eigenvalue weighted by Crippen LogP contribution is -2.27. The van der Waals surface area contributed by atoms with E-state index in [1.165, 1.54) is 5.56 Å². The molecule has 0 aliphatic heterocycles. The van der Waals surface area contributed by atoms with Gasteiger partial charge in [0.15, 0.2) is 0 Å². The Kier molecular flexibility index (Phi) is 4.77. The Bertz CT molecular complexity index is 318. The average molecular weight is 223 g/mol. The van der Waals surface area contributed by atoms with Crippen LogP contribution in [0.4, 0.5) is 0 Å². The molecule has 0 aliphatic carbocycles. The van der Waals surface area contributed by atoms with Gasteiger partial charge >= 0.3 is 0 Å². The molecule has 90 valence electrons. The molecule has 16 heavy (non-hydrogen) atoms. The molecule has 0 amide bonds. The van der Waals surface area contributed by atoms with E-state index in [9.17, 15) is 5.11 Å². The van der Waals surface area contributed by atoms with Crippen LogP contribution in [-0.4, -0.2) is 23.9 Å². The quantitative estimate of drug-likeness (QED) is 0.774. The lowest BCUT2D eigenvalue weighted by Gasteiger charge is -2.18. The molecule has 0 spiro atoms. The van der Waals surface area contributed by atoms with Crippen molar-refractivity contribution in [1.29, 1.82) is 0 Å². The number of nitrogens with one attached hydrogen (secondary N) is 1. The van der Waals surface area contributed by atoms with E-state index in [-0.39, 0.29) is 0 Å². The SMILES string of the molecule is CCNCc1cccc(OCC(C)(C)O)c1. The fraction of sp³-hybridized carbons (Fsp3) is 0.538. The van der Waals surface area contributed by atoms with Crippen LogP contribution < -0.4 is 10.1 Å². The van der Waals surface area contributed by atoms with Gasteiger partial charge in [-0.25, -0.2) is 0 Å². The van der Waals surface area contributed by atoms with Crippen molar-refractivity contribution in [2.75, 3.05) is 13.2 Å². The number of benzene rings is 1. The first kappa shape index (κ1) is 13.0. The standard InChI is InChI=1S/C13H21NO2/c1-4-14-9-11-6-5-7-12(8-11)16-10-13(2,3)15/h5-8,14-15H,4,9-10H2,1-3H3. The van der Waals surface area contributed by atoms with Crippen molar-refractivity contribution in [2.24, 2.45) is 0 Å². The van der Waals surface area contributed by atoms with Crippen LogP contribution in [0, 0.1) is 0 Å². The van der Waals surface area contributed by atoms with Gasteiger partial charge < -0.3 is 15.2 Å². The Morgan fingerprint density at radius 2 is 2.12 bits per heavy atom. The predicted molar refractivity (Wildman–Crippen MR) is 65.6 cm³/mol. The summed E-state index contributed by atoms with van der Waals surface area (Å²) in [6.07, 6.45) is 0. The molecule has 0 unspecified atom stereocenters. The Balaban J connectivity index is 2.53. The maximum Gasteiger partial charge on any atom is 0.119 e. The zero-order valence-corrected chi connectivity index (χ0v) is 10.3. The van der Waals surface area contributed by atoms with Crippen LogP contribution in [0.15, 0.2) is 24.3 Å². The van der Waals surface area contributed by atoms with Gasteiger partial charge in [0.05, 0.1) is 5.60 Å². The monoisotopic (exact) mass is 223 g/mol. The van der Waals surface area contributed by atoms with Gasteiger partial charge in [-0.3, -0.25) is 0 Å². The van der Waals surface area contributed by atoms with Gasteiger partial charge in [0.2, 0.25) is 0 Å². The topological polar surface area (TPSA) is 41.5 Å². The Morgan fingerprint density at radius 1 is 1.38 bits per heavy atom. The largest absolute Gasteiger partial charge is 0.491 e. The molecule has 0 fully saturated rings. The third kappa shape index (κ3) is 5.14. The fourth-order valence-corrected chi connectivity index (χ4v) is 1.27. The van der Waals surface area contributed by atoms with Gasteiger partial charge in [-0.2, -0.15) is 0 Å². The van der Waals surface area contributed by atoms with E-state index in [2.05, 4.69) is 18.3 Å². The molecule has 0 saturated carbocycles. The van der Waals surface area contributed by atoms with E-state index in [1.807, 2.05) is 18.2 Å². The van der Waals surface area contributed by atoms with Crippen LogP contribution in [0.2, 0.25) is 0 Å². The van der Waals surface area contributed by atoms with E-state index in [1.54, 1.807) is 13.8 Å². The highest BCUT2D eigenvalue weighted by Crippen LogP contribution is 2.15. The van der Waals surface area contributed by atoms with Crippen LogP contribution in [0.3, 0.4) is 0 Å². The summed E-state index contributed by atoms with van der Waals surface area (Å²) in [4.78, 5) is 0. The van der Waals surface area contributed by atoms with Gasteiger partial charge in [0, 0.05) is 6.54 Å². The molecule has 0 aromatic heterocycles. The molecule has 2 N–H and O–H groups in total. The molecule has 1 aromatic rings. The fourth-order valence-electron chi connectivity index (χ4n) is 1.27. The molecule has 0 aliphatic rings. The molecule has 0 saturated heterocycles. The van der Waals surface area contributed by atoms with Crippen molar-refractivity contribution in [3.05, 3.63) is 29.8 Å². The molecule has 0 radical (unpaired) electrons. The molecule has 3 heteroatoms. The second kappa shape index (κ2) is 5.87. The van der Waals surface area contributed by atoms with Crippen LogP contribution >= 0.6 is 0 Å². The summed E-state index contributed by atoms with van der Waals surface area (Å²) in [6.45, 7) is 7.64. The number of hydrogen-bond acceptors (Lipinski definition) is 3. The summed E-state index contributed by atoms with van der Waals surface area (Å²) in [5.74, 6) is 0.803. The molecule has 1 aromatic carbocycles. The van der Waals surface area contributed by atoms with Crippen molar-refractivity contribution < 1.29 is 9.84 Å². The third-order valence-corrected chi connectivity index (χ3v) is 2.07. The van der Waals surface area contributed by atoms with Crippen molar-refractivity contribution in [3.63, 3.8) is 0 Å². The highest BCUT2D eigenvalue weighted by Gasteiger charge is 2.13. The van der Waals surface area contributed by atoms with Gasteiger partial charge in [-0.05, 0) is 38.1 Å². The first-order valence-corrected chi connectivity index (χ1v) is 5.66. The van der Waals surface area contributed by atoms with Crippen LogP contribution in [0.5, 0.6) is 5.75 Å². The zero-order valence-electron chi connectivity index (χ0n) is 10.3. The van der Waals surface area contributed by atoms with E-state index >= 15 is 0 Å². The van der Waals surface area contributed by atoms with Crippen LogP contribution in [0.25, 0.3) is 0 Å². The first-order chi connectivity index (χ1) is 7.51. The second-order valence-electron chi connectivity index (χ2n) is 4.53. The maximum atomic E-state index is 9.55. The van der Waals surface area contributed by atoms with Crippen molar-refractivity contribution in [1.82, 2.24) is 5.32 Å². The average Bonchev–Trinajstić information content (AvgIpc) is 2.23. The summed E-state index contributed by atoms with van der Waals surface area (Å²) in [7, 11) is 0. The van der Waals surface area contributed by atoms with Crippen molar-refractivity contribution >= 4 is 0 Å².